The molecule has 0 unspecified atom stereocenters. The highest BCUT2D eigenvalue weighted by Crippen LogP contribution is 2.29. The predicted molar refractivity (Wildman–Crippen MR) is 118 cm³/mol. The number of fused-ring (bicyclic) bond motifs is 1. The fraction of sp³-hybridized carbons (Fsp3) is 0. The Balaban J connectivity index is 1.55. The Hall–Kier alpha value is -2.74. The molecule has 0 saturated heterocycles. The number of benzene rings is 2. The van der Waals surface area contributed by atoms with Crippen molar-refractivity contribution >= 4 is 49.9 Å². The summed E-state index contributed by atoms with van der Waals surface area (Å²) < 4.78 is 8.56. The number of halogens is 2. The van der Waals surface area contributed by atoms with Crippen LogP contribution in [0.2, 0.25) is 5.02 Å². The average Bonchev–Trinajstić information content (AvgIpc) is 3.41. The molecule has 142 valence electrons. The third-order valence-electron chi connectivity index (χ3n) is 4.34. The van der Waals surface area contributed by atoms with E-state index in [1.807, 2.05) is 48.5 Å². The number of nitrogens with zero attached hydrogens (tertiary/aromatic N) is 3. The molecule has 0 bridgehead atoms. The van der Waals surface area contributed by atoms with Gasteiger partial charge in [-0.3, -0.25) is 4.79 Å². The summed E-state index contributed by atoms with van der Waals surface area (Å²) in [5.41, 5.74) is 1.41. The Morgan fingerprint density at radius 1 is 1.03 bits per heavy atom. The van der Waals surface area contributed by atoms with Crippen molar-refractivity contribution < 1.29 is 4.42 Å². The summed E-state index contributed by atoms with van der Waals surface area (Å²) >= 11 is 11.0. The van der Waals surface area contributed by atoms with Gasteiger partial charge in [0.05, 0.1) is 5.02 Å². The molecule has 0 aliphatic heterocycles. The van der Waals surface area contributed by atoms with Gasteiger partial charge in [0.2, 0.25) is 4.96 Å². The van der Waals surface area contributed by atoms with Gasteiger partial charge in [0.15, 0.2) is 5.82 Å². The lowest BCUT2D eigenvalue weighted by Crippen LogP contribution is -2.23. The van der Waals surface area contributed by atoms with Crippen LogP contribution in [0.25, 0.3) is 33.7 Å². The molecule has 0 saturated carbocycles. The van der Waals surface area contributed by atoms with E-state index in [9.17, 15) is 4.79 Å². The zero-order chi connectivity index (χ0) is 20.0. The van der Waals surface area contributed by atoms with E-state index in [1.165, 1.54) is 15.9 Å². The predicted octanol–water partition coefficient (Wildman–Crippen LogP) is 5.04. The molecular formula is C21H11BrClN3O2S. The number of aromatic nitrogens is 3. The molecule has 29 heavy (non-hydrogen) atoms. The van der Waals surface area contributed by atoms with E-state index >= 15 is 0 Å². The highest BCUT2D eigenvalue weighted by molar-refractivity contribution is 9.10. The van der Waals surface area contributed by atoms with E-state index in [0.717, 1.165) is 15.6 Å². The Morgan fingerprint density at radius 2 is 1.79 bits per heavy atom. The third-order valence-corrected chi connectivity index (χ3v) is 6.32. The van der Waals surface area contributed by atoms with Gasteiger partial charge in [-0.2, -0.15) is 9.50 Å². The summed E-state index contributed by atoms with van der Waals surface area (Å²) in [5, 5.41) is 4.98. The van der Waals surface area contributed by atoms with Gasteiger partial charge in [-0.05, 0) is 36.4 Å². The second-order valence-corrected chi connectivity index (χ2v) is 8.48. The molecule has 0 atom stereocenters. The van der Waals surface area contributed by atoms with Gasteiger partial charge in [-0.1, -0.05) is 63.1 Å². The highest BCUT2D eigenvalue weighted by atomic mass is 79.9. The molecule has 0 amide bonds. The van der Waals surface area contributed by atoms with Crippen LogP contribution >= 0.6 is 38.9 Å². The van der Waals surface area contributed by atoms with Crippen LogP contribution in [0.4, 0.5) is 0 Å². The molecule has 3 aromatic heterocycles. The lowest BCUT2D eigenvalue weighted by Gasteiger charge is -1.98. The number of thiazole rings is 1. The fourth-order valence-corrected chi connectivity index (χ4v) is 4.53. The molecule has 0 aliphatic carbocycles. The van der Waals surface area contributed by atoms with Crippen molar-refractivity contribution in [1.29, 1.82) is 0 Å². The molecule has 0 N–H and O–H groups in total. The van der Waals surface area contributed by atoms with E-state index in [2.05, 4.69) is 26.0 Å². The number of rotatable bonds is 3. The van der Waals surface area contributed by atoms with Crippen LogP contribution in [0.3, 0.4) is 0 Å². The maximum atomic E-state index is 12.8. The van der Waals surface area contributed by atoms with Gasteiger partial charge in [-0.25, -0.2) is 0 Å². The smallest absolute Gasteiger partial charge is 0.291 e. The van der Waals surface area contributed by atoms with Crippen LogP contribution in [-0.2, 0) is 0 Å². The Bertz CT molecular complexity index is 1470. The Kier molecular flexibility index (Phi) is 4.58. The maximum Gasteiger partial charge on any atom is 0.291 e. The second kappa shape index (κ2) is 7.26. The van der Waals surface area contributed by atoms with E-state index in [0.29, 0.717) is 31.9 Å². The molecule has 3 heterocycles. The van der Waals surface area contributed by atoms with Crippen molar-refractivity contribution in [3.8, 4) is 22.7 Å². The monoisotopic (exact) mass is 483 g/mol. The molecule has 5 rings (SSSR count). The summed E-state index contributed by atoms with van der Waals surface area (Å²) in [7, 11) is 0. The lowest BCUT2D eigenvalue weighted by molar-refractivity contribution is 0.571. The van der Waals surface area contributed by atoms with E-state index in [-0.39, 0.29) is 5.56 Å². The zero-order valence-corrected chi connectivity index (χ0v) is 17.8. The van der Waals surface area contributed by atoms with Gasteiger partial charge in [-0.15, -0.1) is 5.10 Å². The number of hydrogen-bond donors (Lipinski definition) is 0. The van der Waals surface area contributed by atoms with Crippen LogP contribution in [0, 0.1) is 0 Å². The minimum absolute atomic E-state index is 0.230. The van der Waals surface area contributed by atoms with Crippen molar-refractivity contribution in [1.82, 2.24) is 14.6 Å². The summed E-state index contributed by atoms with van der Waals surface area (Å²) in [5.74, 6) is 1.71. The van der Waals surface area contributed by atoms with Crippen molar-refractivity contribution in [3.05, 3.63) is 90.8 Å². The van der Waals surface area contributed by atoms with Crippen molar-refractivity contribution in [3.63, 3.8) is 0 Å². The summed E-state index contributed by atoms with van der Waals surface area (Å²) in [4.78, 5) is 17.8. The van der Waals surface area contributed by atoms with Crippen molar-refractivity contribution in [2.75, 3.05) is 0 Å². The zero-order valence-electron chi connectivity index (χ0n) is 14.7. The van der Waals surface area contributed by atoms with E-state index in [4.69, 9.17) is 16.0 Å². The first-order valence-electron chi connectivity index (χ1n) is 8.61. The lowest BCUT2D eigenvalue weighted by atomic mass is 10.2. The maximum absolute atomic E-state index is 12.8. The standard InChI is InChI=1S/C21H11BrClN3O2S/c22-15-7-3-1-5-13(15)19-24-21-26(25-19)20(27)18(29-21)11-12-9-10-17(28-12)14-6-2-4-8-16(14)23/h1-11H. The van der Waals surface area contributed by atoms with Crippen LogP contribution < -0.4 is 10.1 Å². The number of hydrogen-bond acceptors (Lipinski definition) is 5. The summed E-state index contributed by atoms with van der Waals surface area (Å²) in [6, 6.07) is 18.7. The molecule has 0 fully saturated rings. The van der Waals surface area contributed by atoms with Gasteiger partial charge < -0.3 is 4.42 Å². The molecule has 0 aliphatic rings. The largest absolute Gasteiger partial charge is 0.457 e. The normalized spacial score (nSPS) is 12.1. The minimum Gasteiger partial charge on any atom is -0.457 e. The Morgan fingerprint density at radius 3 is 2.55 bits per heavy atom. The number of furan rings is 1. The van der Waals surface area contributed by atoms with E-state index < -0.39 is 0 Å². The molecule has 5 aromatic rings. The second-order valence-electron chi connectivity index (χ2n) is 6.21. The van der Waals surface area contributed by atoms with Crippen LogP contribution in [-0.4, -0.2) is 14.6 Å². The van der Waals surface area contributed by atoms with Gasteiger partial charge in [0, 0.05) is 21.7 Å². The highest BCUT2D eigenvalue weighted by Gasteiger charge is 2.14. The fourth-order valence-electron chi connectivity index (χ4n) is 2.96. The van der Waals surface area contributed by atoms with Crippen molar-refractivity contribution in [2.45, 2.75) is 0 Å². The molecule has 0 spiro atoms. The molecule has 0 radical (unpaired) electrons. The molecule has 5 nitrogen and oxygen atoms in total. The van der Waals surface area contributed by atoms with E-state index in [1.54, 1.807) is 18.2 Å². The SMILES string of the molecule is O=c1c(=Cc2ccc(-c3ccccc3Cl)o2)sc2nc(-c3ccccc3Br)nn12. The topological polar surface area (TPSA) is 60.4 Å². The van der Waals surface area contributed by atoms with Gasteiger partial charge in [0.1, 0.15) is 16.1 Å². The minimum atomic E-state index is -0.230. The molecular weight excluding hydrogens is 474 g/mol. The molecule has 8 heteroatoms. The van der Waals surface area contributed by atoms with Gasteiger partial charge in [0.25, 0.3) is 5.56 Å². The summed E-state index contributed by atoms with van der Waals surface area (Å²) in [6.07, 6.45) is 1.70. The summed E-state index contributed by atoms with van der Waals surface area (Å²) in [6.45, 7) is 0. The average molecular weight is 485 g/mol. The Labute approximate surface area is 182 Å². The molecule has 2 aromatic carbocycles. The van der Waals surface area contributed by atoms with Gasteiger partial charge >= 0.3 is 0 Å². The first-order chi connectivity index (χ1) is 14.1. The van der Waals surface area contributed by atoms with Crippen LogP contribution in [0.1, 0.15) is 5.76 Å². The quantitative estimate of drug-likeness (QED) is 0.360. The van der Waals surface area contributed by atoms with Crippen LogP contribution in [0.5, 0.6) is 0 Å². The first kappa shape index (κ1) is 18.3. The first-order valence-corrected chi connectivity index (χ1v) is 10.6. The van der Waals surface area contributed by atoms with Crippen LogP contribution in [0.15, 0.2) is 74.3 Å². The van der Waals surface area contributed by atoms with Crippen molar-refractivity contribution in [2.24, 2.45) is 0 Å². The third kappa shape index (κ3) is 3.31.